The van der Waals surface area contributed by atoms with Crippen LogP contribution in [0.1, 0.15) is 10.4 Å². The number of hydrogen-bond acceptors (Lipinski definition) is 6. The topological polar surface area (TPSA) is 124 Å². The minimum Gasteiger partial charge on any atom is -0.507 e. The van der Waals surface area contributed by atoms with E-state index in [1.807, 2.05) is 18.2 Å². The number of phenols is 1. The van der Waals surface area contributed by atoms with Crippen LogP contribution in [-0.2, 0) is 0 Å². The first kappa shape index (κ1) is 17.0. The molecule has 27 heavy (non-hydrogen) atoms. The third-order valence-corrected chi connectivity index (χ3v) is 4.51. The van der Waals surface area contributed by atoms with E-state index in [9.17, 15) is 15.0 Å². The first-order chi connectivity index (χ1) is 13.0. The zero-order chi connectivity index (χ0) is 19.0. The Kier molecular flexibility index (Phi) is 4.21. The fourth-order valence-electron chi connectivity index (χ4n) is 2.82. The van der Waals surface area contributed by atoms with Crippen LogP contribution in [0, 0.1) is 0 Å². The van der Waals surface area contributed by atoms with Crippen LogP contribution in [0.15, 0.2) is 53.4 Å². The molecule has 2 heterocycles. The molecule has 0 spiro atoms. The van der Waals surface area contributed by atoms with Crippen molar-refractivity contribution in [2.45, 2.75) is 0 Å². The number of benzene rings is 2. The number of carboxylic acid groups (broad SMARTS) is 1. The Bertz CT molecular complexity index is 1160. The molecule has 0 unspecified atom stereocenters. The van der Waals surface area contributed by atoms with E-state index in [1.165, 1.54) is 12.4 Å². The van der Waals surface area contributed by atoms with Crippen LogP contribution in [0.2, 0.25) is 0 Å². The summed E-state index contributed by atoms with van der Waals surface area (Å²) >= 11 is 3.45. The van der Waals surface area contributed by atoms with Crippen LogP contribution in [0.5, 0.6) is 5.75 Å². The van der Waals surface area contributed by atoms with Crippen molar-refractivity contribution in [3.05, 3.63) is 59.0 Å². The van der Waals surface area contributed by atoms with Gasteiger partial charge in [0.05, 0.1) is 22.5 Å². The van der Waals surface area contributed by atoms with Crippen molar-refractivity contribution in [2.24, 2.45) is 0 Å². The van der Waals surface area contributed by atoms with Gasteiger partial charge >= 0.3 is 5.97 Å². The van der Waals surface area contributed by atoms with Gasteiger partial charge < -0.3 is 20.5 Å². The molecule has 0 amide bonds. The van der Waals surface area contributed by atoms with Crippen molar-refractivity contribution in [1.29, 1.82) is 0 Å². The smallest absolute Gasteiger partial charge is 0.341 e. The number of halogens is 1. The average Bonchev–Trinajstić information content (AvgIpc) is 3.16. The average molecular weight is 426 g/mol. The molecule has 0 saturated carbocycles. The summed E-state index contributed by atoms with van der Waals surface area (Å²) in [5.74, 6) is -1.09. The van der Waals surface area contributed by atoms with Crippen molar-refractivity contribution in [3.8, 4) is 17.1 Å². The number of aromatic hydroxyl groups is 1. The van der Waals surface area contributed by atoms with E-state index in [4.69, 9.17) is 0 Å². The third kappa shape index (κ3) is 3.08. The predicted octanol–water partition coefficient (Wildman–Crippen LogP) is 3.93. The summed E-state index contributed by atoms with van der Waals surface area (Å²) in [6, 6.07) is 10.1. The predicted molar refractivity (Wildman–Crippen MR) is 103 cm³/mol. The maximum absolute atomic E-state index is 11.6. The maximum atomic E-state index is 11.6. The molecule has 0 aliphatic heterocycles. The van der Waals surface area contributed by atoms with Gasteiger partial charge in [0.2, 0.25) is 0 Å². The number of nitrogens with zero attached hydrogens (tertiary/aromatic N) is 3. The highest BCUT2D eigenvalue weighted by Crippen LogP contribution is 2.37. The summed E-state index contributed by atoms with van der Waals surface area (Å²) in [4.78, 5) is 19.0. The second-order valence-corrected chi connectivity index (χ2v) is 6.59. The Balaban J connectivity index is 1.98. The Morgan fingerprint density at radius 2 is 2.07 bits per heavy atom. The molecular weight excluding hydrogens is 414 g/mol. The first-order valence-electron chi connectivity index (χ1n) is 7.81. The van der Waals surface area contributed by atoms with E-state index in [-0.39, 0.29) is 17.0 Å². The Morgan fingerprint density at radius 1 is 1.22 bits per heavy atom. The lowest BCUT2D eigenvalue weighted by atomic mass is 10.1. The summed E-state index contributed by atoms with van der Waals surface area (Å²) in [7, 11) is 0. The van der Waals surface area contributed by atoms with Crippen LogP contribution >= 0.6 is 15.9 Å². The molecule has 0 aliphatic carbocycles. The van der Waals surface area contributed by atoms with Gasteiger partial charge in [-0.3, -0.25) is 4.98 Å². The zero-order valence-electron chi connectivity index (χ0n) is 13.6. The highest BCUT2D eigenvalue weighted by molar-refractivity contribution is 9.10. The molecule has 134 valence electrons. The lowest BCUT2D eigenvalue weighted by molar-refractivity contribution is 0.0695. The SMILES string of the molecule is O=C(O)c1c(O)cccc1Nc1c(-c2nnc[nH]2)cnc2ccc(Br)cc12. The molecule has 4 rings (SSSR count). The monoisotopic (exact) mass is 425 g/mol. The molecule has 0 saturated heterocycles. The van der Waals surface area contributed by atoms with Gasteiger partial charge in [-0.1, -0.05) is 22.0 Å². The number of aromatic carboxylic acids is 1. The van der Waals surface area contributed by atoms with Crippen LogP contribution in [0.25, 0.3) is 22.3 Å². The molecule has 0 bridgehead atoms. The summed E-state index contributed by atoms with van der Waals surface area (Å²) < 4.78 is 0.837. The molecule has 2 aromatic carbocycles. The summed E-state index contributed by atoms with van der Waals surface area (Å²) in [5.41, 5.74) is 1.93. The van der Waals surface area contributed by atoms with Crippen molar-refractivity contribution in [1.82, 2.24) is 20.2 Å². The fraction of sp³-hybridized carbons (Fsp3) is 0. The second kappa shape index (κ2) is 6.69. The quantitative estimate of drug-likeness (QED) is 0.390. The van der Waals surface area contributed by atoms with Gasteiger partial charge in [0, 0.05) is 16.1 Å². The van der Waals surface area contributed by atoms with Crippen molar-refractivity contribution >= 4 is 44.2 Å². The lowest BCUT2D eigenvalue weighted by Gasteiger charge is -2.16. The van der Waals surface area contributed by atoms with Crippen LogP contribution in [0.3, 0.4) is 0 Å². The van der Waals surface area contributed by atoms with Gasteiger partial charge in [-0.05, 0) is 30.3 Å². The Labute approximate surface area is 161 Å². The number of carbonyl (C=O) groups is 1. The minimum atomic E-state index is -1.24. The number of carboxylic acids is 1. The Morgan fingerprint density at radius 3 is 2.81 bits per heavy atom. The first-order valence-corrected chi connectivity index (χ1v) is 8.61. The number of H-pyrrole nitrogens is 1. The van der Waals surface area contributed by atoms with E-state index in [0.717, 1.165) is 9.86 Å². The molecule has 4 aromatic rings. The van der Waals surface area contributed by atoms with Gasteiger partial charge in [-0.15, -0.1) is 10.2 Å². The van der Waals surface area contributed by atoms with Gasteiger partial charge in [-0.2, -0.15) is 0 Å². The summed E-state index contributed by atoms with van der Waals surface area (Å²) in [5, 5.41) is 31.2. The van der Waals surface area contributed by atoms with Crippen LogP contribution in [-0.4, -0.2) is 36.3 Å². The number of pyridine rings is 1. The highest BCUT2D eigenvalue weighted by atomic mass is 79.9. The Hall–Kier alpha value is -3.46. The second-order valence-electron chi connectivity index (χ2n) is 5.68. The van der Waals surface area contributed by atoms with E-state index in [2.05, 4.69) is 41.4 Å². The largest absolute Gasteiger partial charge is 0.507 e. The third-order valence-electron chi connectivity index (χ3n) is 4.02. The molecule has 0 aliphatic rings. The van der Waals surface area contributed by atoms with Gasteiger partial charge in [-0.25, -0.2) is 4.79 Å². The maximum Gasteiger partial charge on any atom is 0.341 e. The number of rotatable bonds is 4. The molecule has 0 radical (unpaired) electrons. The number of aromatic nitrogens is 4. The number of nitrogens with one attached hydrogen (secondary N) is 2. The molecule has 9 heteroatoms. The van der Waals surface area contributed by atoms with E-state index >= 15 is 0 Å². The number of aromatic amines is 1. The minimum absolute atomic E-state index is 0.221. The molecule has 8 nitrogen and oxygen atoms in total. The molecule has 4 N–H and O–H groups in total. The number of fused-ring (bicyclic) bond motifs is 1. The lowest BCUT2D eigenvalue weighted by Crippen LogP contribution is -2.05. The van der Waals surface area contributed by atoms with E-state index in [0.29, 0.717) is 22.6 Å². The summed E-state index contributed by atoms with van der Waals surface area (Å²) in [6.07, 6.45) is 3.07. The molecule has 0 fully saturated rings. The normalized spacial score (nSPS) is 10.9. The standard InChI is InChI=1S/C18H12BrN5O3/c19-9-4-5-12-10(6-9)16(11(7-20-12)17-21-8-22-24-17)23-13-2-1-3-14(25)15(13)18(26)27/h1-8,25H,(H,20,23)(H,26,27)(H,21,22,24). The van der Waals surface area contributed by atoms with E-state index in [1.54, 1.807) is 18.3 Å². The van der Waals surface area contributed by atoms with Crippen molar-refractivity contribution < 1.29 is 15.0 Å². The van der Waals surface area contributed by atoms with Crippen LogP contribution < -0.4 is 5.32 Å². The number of hydrogen-bond donors (Lipinski definition) is 4. The summed E-state index contributed by atoms with van der Waals surface area (Å²) in [6.45, 7) is 0. The molecule has 0 atom stereocenters. The van der Waals surface area contributed by atoms with Crippen molar-refractivity contribution in [2.75, 3.05) is 5.32 Å². The van der Waals surface area contributed by atoms with Crippen molar-refractivity contribution in [3.63, 3.8) is 0 Å². The molecule has 2 aromatic heterocycles. The van der Waals surface area contributed by atoms with Gasteiger partial charge in [0.25, 0.3) is 0 Å². The highest BCUT2D eigenvalue weighted by Gasteiger charge is 2.19. The van der Waals surface area contributed by atoms with Crippen LogP contribution in [0.4, 0.5) is 11.4 Å². The van der Waals surface area contributed by atoms with E-state index < -0.39 is 5.97 Å². The van der Waals surface area contributed by atoms with Gasteiger partial charge in [0.1, 0.15) is 17.6 Å². The fourth-order valence-corrected chi connectivity index (χ4v) is 3.18. The van der Waals surface area contributed by atoms with Gasteiger partial charge in [0.15, 0.2) is 5.82 Å². The zero-order valence-corrected chi connectivity index (χ0v) is 15.2. The number of anilines is 2. The molecular formula is C18H12BrN5O3.